The van der Waals surface area contributed by atoms with Gasteiger partial charge in [-0.3, -0.25) is 14.9 Å². The Bertz CT molecular complexity index is 1320. The highest BCUT2D eigenvalue weighted by atomic mass is 127. The first-order valence-electron chi connectivity index (χ1n) is 10.7. The number of nitro groups is 1. The molecule has 0 saturated carbocycles. The zero-order valence-corrected chi connectivity index (χ0v) is 21.6. The molecule has 0 fully saturated rings. The number of nitro benzene ring substituents is 1. The van der Waals surface area contributed by atoms with E-state index in [9.17, 15) is 20.2 Å². The molecule has 0 heterocycles. The van der Waals surface area contributed by atoms with E-state index in [2.05, 4.69) is 27.9 Å². The van der Waals surface area contributed by atoms with Crippen LogP contribution in [0, 0.1) is 25.0 Å². The summed E-state index contributed by atoms with van der Waals surface area (Å²) in [5.74, 6) is 1.05. The van der Waals surface area contributed by atoms with Gasteiger partial charge in [0.05, 0.1) is 22.2 Å². The molecule has 0 aliphatic heterocycles. The van der Waals surface area contributed by atoms with E-state index < -0.39 is 10.8 Å². The molecule has 0 aliphatic rings. The second-order valence-electron chi connectivity index (χ2n) is 7.33. The number of rotatable bonds is 10. The van der Waals surface area contributed by atoms with Crippen molar-refractivity contribution in [2.24, 2.45) is 0 Å². The summed E-state index contributed by atoms with van der Waals surface area (Å²) in [6.45, 7) is 2.38. The van der Waals surface area contributed by atoms with Crippen LogP contribution in [0.15, 0.2) is 66.2 Å². The van der Waals surface area contributed by atoms with Gasteiger partial charge in [-0.25, -0.2) is 0 Å². The van der Waals surface area contributed by atoms with Gasteiger partial charge in [-0.15, -0.1) is 0 Å². The average molecular weight is 599 g/mol. The third-order valence-electron chi connectivity index (χ3n) is 4.89. The maximum absolute atomic E-state index is 12.7. The van der Waals surface area contributed by atoms with Crippen molar-refractivity contribution in [3.05, 3.63) is 91.0 Å². The van der Waals surface area contributed by atoms with Crippen molar-refractivity contribution in [2.75, 3.05) is 19.0 Å². The number of nitriles is 1. The van der Waals surface area contributed by atoms with E-state index in [0.29, 0.717) is 38.7 Å². The molecule has 0 aromatic heterocycles. The van der Waals surface area contributed by atoms with E-state index >= 15 is 0 Å². The molecule has 0 bridgehead atoms. The normalized spacial score (nSPS) is 10.8. The zero-order valence-electron chi connectivity index (χ0n) is 19.5. The van der Waals surface area contributed by atoms with Gasteiger partial charge in [-0.1, -0.05) is 0 Å². The van der Waals surface area contributed by atoms with Crippen LogP contribution in [-0.2, 0) is 11.4 Å². The zero-order chi connectivity index (χ0) is 26.1. The second-order valence-corrected chi connectivity index (χ2v) is 8.49. The molecule has 0 spiro atoms. The van der Waals surface area contributed by atoms with Gasteiger partial charge in [0.1, 0.15) is 24.0 Å². The molecule has 3 aromatic rings. The average Bonchev–Trinajstić information content (AvgIpc) is 2.87. The van der Waals surface area contributed by atoms with E-state index in [1.54, 1.807) is 55.6 Å². The van der Waals surface area contributed by atoms with Crippen molar-refractivity contribution in [3.63, 3.8) is 0 Å². The Hall–Kier alpha value is -4.11. The fourth-order valence-corrected chi connectivity index (χ4v) is 3.91. The van der Waals surface area contributed by atoms with E-state index in [0.717, 1.165) is 5.56 Å². The van der Waals surface area contributed by atoms with Crippen molar-refractivity contribution >= 4 is 45.9 Å². The smallest absolute Gasteiger partial charge is 0.269 e. The summed E-state index contributed by atoms with van der Waals surface area (Å²) in [5, 5.41) is 23.1. The van der Waals surface area contributed by atoms with Gasteiger partial charge in [-0.05, 0) is 95.2 Å². The van der Waals surface area contributed by atoms with Crippen LogP contribution in [0.2, 0.25) is 0 Å². The predicted octanol–water partition coefficient (Wildman–Crippen LogP) is 5.73. The van der Waals surface area contributed by atoms with Crippen LogP contribution >= 0.6 is 22.6 Å². The summed E-state index contributed by atoms with van der Waals surface area (Å²) in [5.41, 5.74) is 1.80. The first-order chi connectivity index (χ1) is 17.3. The lowest BCUT2D eigenvalue weighted by Crippen LogP contribution is -2.13. The number of hydrogen-bond acceptors (Lipinski definition) is 7. The van der Waals surface area contributed by atoms with Crippen molar-refractivity contribution in [1.29, 1.82) is 5.26 Å². The summed E-state index contributed by atoms with van der Waals surface area (Å²) in [4.78, 5) is 23.0. The molecular weight excluding hydrogens is 577 g/mol. The molecule has 3 rings (SSSR count). The topological polar surface area (TPSA) is 124 Å². The minimum atomic E-state index is -0.547. The van der Waals surface area contributed by atoms with Gasteiger partial charge < -0.3 is 19.5 Å². The maximum atomic E-state index is 12.7. The predicted molar refractivity (Wildman–Crippen MR) is 143 cm³/mol. The summed E-state index contributed by atoms with van der Waals surface area (Å²) in [7, 11) is 1.55. The highest BCUT2D eigenvalue weighted by Crippen LogP contribution is 2.35. The Morgan fingerprint density at radius 2 is 1.83 bits per heavy atom. The number of nitrogens with one attached hydrogen (secondary N) is 1. The number of carbonyl (C=O) groups is 1. The van der Waals surface area contributed by atoms with Crippen LogP contribution in [0.25, 0.3) is 6.08 Å². The summed E-state index contributed by atoms with van der Waals surface area (Å²) < 4.78 is 17.5. The number of benzene rings is 3. The molecule has 10 heteroatoms. The maximum Gasteiger partial charge on any atom is 0.269 e. The van der Waals surface area contributed by atoms with E-state index in [1.165, 1.54) is 18.2 Å². The van der Waals surface area contributed by atoms with Crippen LogP contribution in [0.4, 0.5) is 11.4 Å². The number of methoxy groups -OCH3 is 1. The summed E-state index contributed by atoms with van der Waals surface area (Å²) in [6.07, 6.45) is 1.48. The number of nitrogens with zero attached hydrogens (tertiary/aromatic N) is 2. The van der Waals surface area contributed by atoms with Crippen molar-refractivity contribution < 1.29 is 23.9 Å². The SMILES string of the molecule is CCOc1cc(/C=C(/C#N)C(=O)Nc2ccc(OC)cc2)cc(I)c1OCc1ccc([N+](=O)[O-])cc1. The lowest BCUT2D eigenvalue weighted by atomic mass is 10.1. The molecule has 0 unspecified atom stereocenters. The number of anilines is 1. The molecule has 3 aromatic carbocycles. The minimum Gasteiger partial charge on any atom is -0.497 e. The molecule has 0 radical (unpaired) electrons. The van der Waals surface area contributed by atoms with Gasteiger partial charge in [-0.2, -0.15) is 5.26 Å². The molecule has 0 aliphatic carbocycles. The fraction of sp³-hybridized carbons (Fsp3) is 0.154. The van der Waals surface area contributed by atoms with Crippen LogP contribution < -0.4 is 19.5 Å². The largest absolute Gasteiger partial charge is 0.497 e. The summed E-state index contributed by atoms with van der Waals surface area (Å²) >= 11 is 2.09. The number of non-ortho nitro benzene ring substituents is 1. The van der Waals surface area contributed by atoms with Gasteiger partial charge in [0, 0.05) is 17.8 Å². The molecule has 0 saturated heterocycles. The number of halogens is 1. The Morgan fingerprint density at radius 3 is 2.42 bits per heavy atom. The van der Waals surface area contributed by atoms with Crippen LogP contribution in [0.3, 0.4) is 0 Å². The number of hydrogen-bond donors (Lipinski definition) is 1. The Balaban J connectivity index is 1.80. The first-order valence-corrected chi connectivity index (χ1v) is 11.8. The van der Waals surface area contributed by atoms with Gasteiger partial charge in [0.2, 0.25) is 0 Å². The second kappa shape index (κ2) is 12.6. The highest BCUT2D eigenvalue weighted by molar-refractivity contribution is 14.1. The van der Waals surface area contributed by atoms with Gasteiger partial charge >= 0.3 is 0 Å². The van der Waals surface area contributed by atoms with E-state index in [4.69, 9.17) is 14.2 Å². The lowest BCUT2D eigenvalue weighted by Gasteiger charge is -2.15. The third kappa shape index (κ3) is 6.96. The van der Waals surface area contributed by atoms with Gasteiger partial charge in [0.15, 0.2) is 11.5 Å². The van der Waals surface area contributed by atoms with Crippen LogP contribution in [0.5, 0.6) is 17.2 Å². The molecule has 36 heavy (non-hydrogen) atoms. The highest BCUT2D eigenvalue weighted by Gasteiger charge is 2.15. The number of carbonyl (C=O) groups excluding carboxylic acids is 1. The minimum absolute atomic E-state index is 0.00352. The monoisotopic (exact) mass is 599 g/mol. The van der Waals surface area contributed by atoms with Crippen LogP contribution in [-0.4, -0.2) is 24.5 Å². The van der Waals surface area contributed by atoms with E-state index in [1.807, 2.05) is 13.0 Å². The standard InChI is InChI=1S/C26H22IN3O6/c1-3-35-24-14-18(12-19(15-28)26(31)29-20-6-10-22(34-2)11-7-20)13-23(27)25(24)36-16-17-4-8-21(9-5-17)30(32)33/h4-14H,3,16H2,1-2H3,(H,29,31)/b19-12-. The van der Waals surface area contributed by atoms with Crippen molar-refractivity contribution in [1.82, 2.24) is 0 Å². The fourth-order valence-electron chi connectivity index (χ4n) is 3.13. The number of amides is 1. The quantitative estimate of drug-likeness (QED) is 0.104. The molecular formula is C26H22IN3O6. The first kappa shape index (κ1) is 26.5. The summed E-state index contributed by atoms with van der Waals surface area (Å²) in [6, 6.07) is 18.3. The van der Waals surface area contributed by atoms with E-state index in [-0.39, 0.29) is 17.9 Å². The Morgan fingerprint density at radius 1 is 1.14 bits per heavy atom. The Labute approximate surface area is 221 Å². The molecule has 0 atom stereocenters. The number of ether oxygens (including phenoxy) is 3. The van der Waals surface area contributed by atoms with Crippen molar-refractivity contribution in [3.8, 4) is 23.3 Å². The third-order valence-corrected chi connectivity index (χ3v) is 5.69. The molecule has 184 valence electrons. The Kier molecular flexibility index (Phi) is 9.24. The molecule has 1 N–H and O–H groups in total. The van der Waals surface area contributed by atoms with Crippen molar-refractivity contribution in [2.45, 2.75) is 13.5 Å². The lowest BCUT2D eigenvalue weighted by molar-refractivity contribution is -0.384. The molecule has 9 nitrogen and oxygen atoms in total. The van der Waals surface area contributed by atoms with Gasteiger partial charge in [0.25, 0.3) is 11.6 Å². The van der Waals surface area contributed by atoms with Crippen LogP contribution in [0.1, 0.15) is 18.1 Å². The molecule has 1 amide bonds.